The minimum Gasteiger partial charge on any atom is -0.394 e. The Morgan fingerprint density at radius 2 is 2.14 bits per heavy atom. The number of hydrogen-bond acceptors (Lipinski definition) is 9. The smallest absolute Gasteiger partial charge is 0.258 e. The summed E-state index contributed by atoms with van der Waals surface area (Å²) < 4.78 is 6.44. The number of nitrogens with one attached hydrogen (secondary N) is 2. The van der Waals surface area contributed by atoms with Gasteiger partial charge in [-0.1, -0.05) is 0 Å². The topological polar surface area (TPSA) is 123 Å². The summed E-state index contributed by atoms with van der Waals surface area (Å²) in [7, 11) is 1.56. The molecule has 0 bridgehead atoms. The number of aliphatic hydroxyl groups excluding tert-OH is 1. The normalized spacial score (nSPS) is 12.1. The number of aromatic nitrogens is 6. The monoisotopic (exact) mass is 294 g/mol. The number of rotatable bonds is 8. The van der Waals surface area contributed by atoms with Gasteiger partial charge >= 0.3 is 0 Å². The first kappa shape index (κ1) is 15.1. The molecule has 10 nitrogen and oxygen atoms in total. The number of ether oxygens (including phenoxy) is 1. The van der Waals surface area contributed by atoms with E-state index in [1.54, 1.807) is 7.11 Å². The van der Waals surface area contributed by atoms with Gasteiger partial charge in [-0.05, 0) is 6.92 Å². The van der Waals surface area contributed by atoms with Gasteiger partial charge in [-0.2, -0.15) is 24.7 Å². The average Bonchev–Trinajstić information content (AvgIpc) is 3.01. The largest absolute Gasteiger partial charge is 0.394 e. The zero-order valence-corrected chi connectivity index (χ0v) is 11.9. The van der Waals surface area contributed by atoms with Gasteiger partial charge in [0.25, 0.3) is 5.95 Å². The van der Waals surface area contributed by atoms with Crippen LogP contribution in [0.15, 0.2) is 12.7 Å². The van der Waals surface area contributed by atoms with Crippen molar-refractivity contribution in [1.82, 2.24) is 29.7 Å². The Hall–Kier alpha value is -2.33. The molecule has 0 aliphatic carbocycles. The van der Waals surface area contributed by atoms with Crippen LogP contribution >= 0.6 is 0 Å². The first-order valence-electron chi connectivity index (χ1n) is 6.48. The third-order valence-electron chi connectivity index (χ3n) is 2.50. The molecule has 3 N–H and O–H groups in total. The van der Waals surface area contributed by atoms with Crippen LogP contribution in [0.3, 0.4) is 0 Å². The van der Waals surface area contributed by atoms with Crippen LogP contribution in [0.2, 0.25) is 0 Å². The van der Waals surface area contributed by atoms with E-state index in [1.807, 2.05) is 6.92 Å². The third-order valence-corrected chi connectivity index (χ3v) is 2.50. The van der Waals surface area contributed by atoms with Gasteiger partial charge in [0.1, 0.15) is 12.7 Å². The summed E-state index contributed by atoms with van der Waals surface area (Å²) in [6.45, 7) is 2.83. The van der Waals surface area contributed by atoms with E-state index in [9.17, 15) is 5.11 Å². The molecule has 0 radical (unpaired) electrons. The molecule has 0 spiro atoms. The Kier molecular flexibility index (Phi) is 5.35. The van der Waals surface area contributed by atoms with Crippen molar-refractivity contribution in [2.24, 2.45) is 0 Å². The summed E-state index contributed by atoms with van der Waals surface area (Å²) in [6.07, 6.45) is 2.89. The fourth-order valence-electron chi connectivity index (χ4n) is 1.60. The van der Waals surface area contributed by atoms with Gasteiger partial charge in [-0.25, -0.2) is 4.98 Å². The van der Waals surface area contributed by atoms with E-state index < -0.39 is 0 Å². The van der Waals surface area contributed by atoms with Crippen LogP contribution in [0.4, 0.5) is 11.9 Å². The molecule has 1 unspecified atom stereocenters. The molecule has 0 aromatic carbocycles. The molecule has 1 atom stereocenters. The second kappa shape index (κ2) is 7.45. The number of hydrogen-bond donors (Lipinski definition) is 3. The van der Waals surface area contributed by atoms with Crippen molar-refractivity contribution < 1.29 is 9.84 Å². The van der Waals surface area contributed by atoms with Crippen LogP contribution in [0.1, 0.15) is 6.92 Å². The highest BCUT2D eigenvalue weighted by atomic mass is 16.5. The van der Waals surface area contributed by atoms with Gasteiger partial charge in [0.05, 0.1) is 19.3 Å². The van der Waals surface area contributed by atoms with E-state index in [4.69, 9.17) is 4.74 Å². The van der Waals surface area contributed by atoms with Gasteiger partial charge in [0, 0.05) is 13.7 Å². The Balaban J connectivity index is 2.27. The summed E-state index contributed by atoms with van der Waals surface area (Å²) in [6, 6.07) is -0.310. The molecular formula is C11H18N8O2. The molecule has 21 heavy (non-hydrogen) atoms. The van der Waals surface area contributed by atoms with E-state index in [2.05, 4.69) is 35.7 Å². The Morgan fingerprint density at radius 1 is 1.33 bits per heavy atom. The lowest BCUT2D eigenvalue weighted by molar-refractivity contribution is 0.153. The number of methoxy groups -OCH3 is 1. The summed E-state index contributed by atoms with van der Waals surface area (Å²) in [5.74, 6) is 1.06. The van der Waals surface area contributed by atoms with E-state index in [1.165, 1.54) is 17.3 Å². The second-order valence-corrected chi connectivity index (χ2v) is 4.13. The lowest BCUT2D eigenvalue weighted by Gasteiger charge is -2.16. The number of nitrogens with zero attached hydrogens (tertiary/aromatic N) is 6. The minimum absolute atomic E-state index is 0.102. The van der Waals surface area contributed by atoms with Crippen molar-refractivity contribution in [3.05, 3.63) is 12.7 Å². The average molecular weight is 294 g/mol. The molecule has 0 saturated heterocycles. The Labute approximate surface area is 121 Å². The summed E-state index contributed by atoms with van der Waals surface area (Å²) >= 11 is 0. The third kappa shape index (κ3) is 4.07. The maximum atomic E-state index is 9.29. The van der Waals surface area contributed by atoms with Crippen LogP contribution < -0.4 is 10.6 Å². The summed E-state index contributed by atoms with van der Waals surface area (Å²) in [5.41, 5.74) is 0. The molecule has 0 fully saturated rings. The minimum atomic E-state index is -0.310. The SMILES string of the molecule is CCNc1nc(NC(CO)COC)nc(-n2cncn2)n1. The molecular weight excluding hydrogens is 276 g/mol. The number of aliphatic hydroxyl groups is 1. The number of anilines is 2. The molecule has 2 rings (SSSR count). The quantitative estimate of drug-likeness (QED) is 0.580. The lowest BCUT2D eigenvalue weighted by Crippen LogP contribution is -2.30. The molecule has 2 heterocycles. The second-order valence-electron chi connectivity index (χ2n) is 4.13. The molecule has 10 heteroatoms. The molecule has 2 aromatic rings. The summed E-state index contributed by atoms with van der Waals surface area (Å²) in [5, 5.41) is 19.3. The van der Waals surface area contributed by atoms with Crippen molar-refractivity contribution in [3.63, 3.8) is 0 Å². The zero-order valence-electron chi connectivity index (χ0n) is 11.9. The molecule has 0 amide bonds. The van der Waals surface area contributed by atoms with Crippen LogP contribution in [-0.4, -0.2) is 67.7 Å². The maximum Gasteiger partial charge on any atom is 0.258 e. The van der Waals surface area contributed by atoms with E-state index in [0.717, 1.165) is 0 Å². The Bertz CT molecular complexity index is 547. The highest BCUT2D eigenvalue weighted by Crippen LogP contribution is 2.09. The van der Waals surface area contributed by atoms with Crippen LogP contribution in [0, 0.1) is 0 Å². The molecule has 0 aliphatic heterocycles. The molecule has 2 aromatic heterocycles. The van der Waals surface area contributed by atoms with Crippen molar-refractivity contribution in [2.75, 3.05) is 37.5 Å². The summed E-state index contributed by atoms with van der Waals surface area (Å²) in [4.78, 5) is 16.6. The standard InChI is InChI=1S/C11H18N8O2/c1-3-13-9-16-10(15-8(4-20)5-21-2)18-11(17-9)19-7-12-6-14-19/h6-8,20H,3-5H2,1-2H3,(H2,13,15,16,17,18). The van der Waals surface area contributed by atoms with Crippen LogP contribution in [0.5, 0.6) is 0 Å². The Morgan fingerprint density at radius 3 is 2.76 bits per heavy atom. The molecule has 0 aliphatic rings. The fraction of sp³-hybridized carbons (Fsp3) is 0.545. The van der Waals surface area contributed by atoms with Crippen molar-refractivity contribution in [1.29, 1.82) is 0 Å². The highest BCUT2D eigenvalue weighted by molar-refractivity contribution is 5.38. The van der Waals surface area contributed by atoms with Gasteiger partial charge < -0.3 is 20.5 Å². The first-order chi connectivity index (χ1) is 10.3. The van der Waals surface area contributed by atoms with E-state index >= 15 is 0 Å². The molecule has 114 valence electrons. The van der Waals surface area contributed by atoms with Gasteiger partial charge in [0.15, 0.2) is 0 Å². The van der Waals surface area contributed by atoms with Gasteiger partial charge in [-0.15, -0.1) is 0 Å². The first-order valence-corrected chi connectivity index (χ1v) is 6.48. The predicted octanol–water partition coefficient (Wildman–Crippen LogP) is -0.697. The van der Waals surface area contributed by atoms with Crippen molar-refractivity contribution in [3.8, 4) is 5.95 Å². The van der Waals surface area contributed by atoms with Crippen LogP contribution in [-0.2, 0) is 4.74 Å². The van der Waals surface area contributed by atoms with Crippen molar-refractivity contribution >= 4 is 11.9 Å². The van der Waals surface area contributed by atoms with Crippen LogP contribution in [0.25, 0.3) is 5.95 Å². The fourth-order valence-corrected chi connectivity index (χ4v) is 1.60. The highest BCUT2D eigenvalue weighted by Gasteiger charge is 2.12. The lowest BCUT2D eigenvalue weighted by atomic mass is 10.3. The van der Waals surface area contributed by atoms with Crippen molar-refractivity contribution in [2.45, 2.75) is 13.0 Å². The van der Waals surface area contributed by atoms with E-state index in [0.29, 0.717) is 31.0 Å². The van der Waals surface area contributed by atoms with E-state index in [-0.39, 0.29) is 12.6 Å². The zero-order chi connectivity index (χ0) is 15.1. The maximum absolute atomic E-state index is 9.29. The predicted molar refractivity (Wildman–Crippen MR) is 75.3 cm³/mol. The van der Waals surface area contributed by atoms with Gasteiger partial charge in [-0.3, -0.25) is 0 Å². The van der Waals surface area contributed by atoms with Gasteiger partial charge in [0.2, 0.25) is 11.9 Å². The molecule has 0 saturated carbocycles.